The van der Waals surface area contributed by atoms with E-state index in [1.54, 1.807) is 0 Å². The van der Waals surface area contributed by atoms with Gasteiger partial charge in [0.25, 0.3) is 10.1 Å². The maximum absolute atomic E-state index is 12.8. The molecule has 0 saturated carbocycles. The fourth-order valence-electron chi connectivity index (χ4n) is 2.01. The molecule has 9 nitrogen and oxygen atoms in total. The van der Waals surface area contributed by atoms with Gasteiger partial charge in [-0.05, 0) is 27.2 Å². The minimum absolute atomic E-state index is 0. The topological polar surface area (TPSA) is 133 Å². The molecule has 11 heteroatoms. The molecule has 0 amide bonds. The Kier molecular flexibility index (Phi) is 14.8. The predicted octanol–water partition coefficient (Wildman–Crippen LogP) is 1.30. The maximum atomic E-state index is 12.8. The third kappa shape index (κ3) is 10.9. The van der Waals surface area contributed by atoms with Gasteiger partial charge in [-0.25, -0.2) is 9.59 Å². The minimum atomic E-state index is -4.41. The number of unbranched alkanes of at least 4 members (excludes halogenated alkanes) is 1. The molecule has 1 unspecified atom stereocenters. The summed E-state index contributed by atoms with van der Waals surface area (Å²) in [5.41, 5.74) is -1.33. The molecule has 0 aromatic heterocycles. The molecule has 1 atom stereocenters. The van der Waals surface area contributed by atoms with E-state index in [2.05, 4.69) is 13.2 Å². The Morgan fingerprint density at radius 2 is 1.43 bits per heavy atom. The summed E-state index contributed by atoms with van der Waals surface area (Å²) >= 11 is 0. The fourth-order valence-corrected chi connectivity index (χ4v) is 2.25. The average molecular weight is 477 g/mol. The third-order valence-corrected chi connectivity index (χ3v) is 5.21. The quantitative estimate of drug-likeness (QED) is 0.137. The van der Waals surface area contributed by atoms with Crippen LogP contribution in [0, 0.1) is 5.41 Å². The Morgan fingerprint density at radius 3 is 1.77 bits per heavy atom. The van der Waals surface area contributed by atoms with Crippen LogP contribution in [-0.4, -0.2) is 93.7 Å². The number of esters is 3. The molecule has 0 aliphatic heterocycles. The van der Waals surface area contributed by atoms with Gasteiger partial charge in [0.15, 0.2) is 0 Å². The van der Waals surface area contributed by atoms with E-state index in [0.717, 1.165) is 0 Å². The number of hydrogen-bond acceptors (Lipinski definition) is 8. The standard InChI is InChI=1S/C19H30O9S.Ca.2H/c1-7-8-9-19(11-27-16(20)13(2)3,12-28-17(21)14(4)5)18(22)26-10-15(6)29(23,24)25;;;/h15H,2,4,7-12H2,1,3,5-6H3,(H,23,24,25);;;. The molecular formula is C19H32CaO9S. The molecule has 0 fully saturated rings. The second-order valence-electron chi connectivity index (χ2n) is 7.02. The van der Waals surface area contributed by atoms with Crippen LogP contribution in [0.5, 0.6) is 0 Å². The Balaban J connectivity index is 0. The second kappa shape index (κ2) is 14.2. The molecule has 170 valence electrons. The summed E-state index contributed by atoms with van der Waals surface area (Å²) < 4.78 is 46.7. The van der Waals surface area contributed by atoms with Crippen molar-refractivity contribution in [1.82, 2.24) is 0 Å². The van der Waals surface area contributed by atoms with E-state index in [0.29, 0.717) is 12.8 Å². The normalized spacial score (nSPS) is 12.2. The van der Waals surface area contributed by atoms with Crippen molar-refractivity contribution in [2.75, 3.05) is 19.8 Å². The van der Waals surface area contributed by atoms with Crippen LogP contribution in [0.2, 0.25) is 0 Å². The zero-order valence-electron chi connectivity index (χ0n) is 17.4. The van der Waals surface area contributed by atoms with Crippen LogP contribution in [0.1, 0.15) is 47.0 Å². The van der Waals surface area contributed by atoms with E-state index in [1.165, 1.54) is 20.8 Å². The van der Waals surface area contributed by atoms with Gasteiger partial charge in [0.05, 0.1) is 0 Å². The molecule has 30 heavy (non-hydrogen) atoms. The van der Waals surface area contributed by atoms with Crippen LogP contribution >= 0.6 is 0 Å². The third-order valence-electron chi connectivity index (χ3n) is 4.06. The molecule has 1 N–H and O–H groups in total. The van der Waals surface area contributed by atoms with E-state index < -0.39 is 58.5 Å². The van der Waals surface area contributed by atoms with Gasteiger partial charge in [0.1, 0.15) is 30.5 Å². The number of ether oxygens (including phenoxy) is 3. The van der Waals surface area contributed by atoms with Gasteiger partial charge in [-0.1, -0.05) is 32.9 Å². The van der Waals surface area contributed by atoms with Crippen molar-refractivity contribution in [2.45, 2.75) is 52.2 Å². The zero-order valence-corrected chi connectivity index (χ0v) is 18.2. The van der Waals surface area contributed by atoms with Gasteiger partial charge < -0.3 is 14.2 Å². The van der Waals surface area contributed by atoms with Gasteiger partial charge in [-0.3, -0.25) is 9.35 Å². The van der Waals surface area contributed by atoms with E-state index >= 15 is 0 Å². The van der Waals surface area contributed by atoms with Gasteiger partial charge in [-0.2, -0.15) is 8.42 Å². The summed E-state index contributed by atoms with van der Waals surface area (Å²) in [4.78, 5) is 36.5. The molecule has 0 aliphatic carbocycles. The monoisotopic (exact) mass is 476 g/mol. The van der Waals surface area contributed by atoms with Gasteiger partial charge in [0.2, 0.25) is 0 Å². The predicted molar refractivity (Wildman–Crippen MR) is 114 cm³/mol. The first-order valence-corrected chi connectivity index (χ1v) is 10.6. The molecule has 0 saturated heterocycles. The summed E-state index contributed by atoms with van der Waals surface area (Å²) in [6.45, 7) is 11.3. The summed E-state index contributed by atoms with van der Waals surface area (Å²) in [6.07, 6.45) is 1.34. The van der Waals surface area contributed by atoms with Gasteiger partial charge >= 0.3 is 55.6 Å². The molecule has 0 aromatic rings. The van der Waals surface area contributed by atoms with Crippen LogP contribution in [0.4, 0.5) is 0 Å². The molecule has 0 aliphatic rings. The van der Waals surface area contributed by atoms with Gasteiger partial charge in [0, 0.05) is 11.1 Å². The Morgan fingerprint density at radius 1 is 1.00 bits per heavy atom. The second-order valence-corrected chi connectivity index (χ2v) is 8.86. The van der Waals surface area contributed by atoms with Crippen molar-refractivity contribution in [3.8, 4) is 0 Å². The fraction of sp³-hybridized carbons (Fsp3) is 0.632. The van der Waals surface area contributed by atoms with Crippen molar-refractivity contribution in [3.63, 3.8) is 0 Å². The van der Waals surface area contributed by atoms with E-state index in [-0.39, 0.29) is 55.3 Å². The first-order valence-electron chi connectivity index (χ1n) is 9.05. The first kappa shape index (κ1) is 31.2. The van der Waals surface area contributed by atoms with Crippen LogP contribution in [-0.2, 0) is 38.7 Å². The molecule has 0 radical (unpaired) electrons. The van der Waals surface area contributed by atoms with Crippen molar-refractivity contribution >= 4 is 65.8 Å². The number of hydrogen-bond donors (Lipinski definition) is 1. The molecule has 0 spiro atoms. The number of carbonyl (C=O) groups is 3. The van der Waals surface area contributed by atoms with Crippen LogP contribution in [0.25, 0.3) is 0 Å². The Labute approximate surface area is 207 Å². The Hall–Kier alpha value is -0.940. The van der Waals surface area contributed by atoms with Crippen LogP contribution in [0.15, 0.2) is 24.3 Å². The molecule has 0 rings (SSSR count). The molecule has 0 heterocycles. The summed E-state index contributed by atoms with van der Waals surface area (Å²) in [5, 5.41) is -1.36. The average Bonchev–Trinajstić information content (AvgIpc) is 2.63. The summed E-state index contributed by atoms with van der Waals surface area (Å²) in [7, 11) is -4.41. The van der Waals surface area contributed by atoms with Gasteiger partial charge in [-0.15, -0.1) is 0 Å². The van der Waals surface area contributed by atoms with E-state index in [1.807, 2.05) is 6.92 Å². The molecule has 0 aromatic carbocycles. The first-order chi connectivity index (χ1) is 13.3. The molecule has 0 bridgehead atoms. The summed E-state index contributed by atoms with van der Waals surface area (Å²) in [6, 6.07) is 0. The van der Waals surface area contributed by atoms with E-state index in [4.69, 9.17) is 18.8 Å². The van der Waals surface area contributed by atoms with Crippen molar-refractivity contribution in [1.29, 1.82) is 0 Å². The SMILES string of the molecule is C=C(C)C(=O)OCC(CCCC)(COC(=O)C(=C)C)C(=O)OCC(C)S(=O)(=O)O.[CaH2]. The zero-order chi connectivity index (χ0) is 22.8. The van der Waals surface area contributed by atoms with Crippen molar-refractivity contribution in [3.05, 3.63) is 24.3 Å². The van der Waals surface area contributed by atoms with E-state index in [9.17, 15) is 22.8 Å². The molecular weight excluding hydrogens is 444 g/mol. The Bertz CT molecular complexity index is 713. The van der Waals surface area contributed by atoms with Crippen LogP contribution in [0.3, 0.4) is 0 Å². The van der Waals surface area contributed by atoms with Crippen molar-refractivity contribution < 1.29 is 41.6 Å². The number of rotatable bonds is 13. The van der Waals surface area contributed by atoms with Crippen LogP contribution < -0.4 is 0 Å². The summed E-state index contributed by atoms with van der Waals surface area (Å²) in [5.74, 6) is -2.39. The van der Waals surface area contributed by atoms with Crippen molar-refractivity contribution in [2.24, 2.45) is 5.41 Å². The number of carbonyl (C=O) groups excluding carboxylic acids is 3.